The van der Waals surface area contributed by atoms with E-state index in [4.69, 9.17) is 27.7 Å². The highest BCUT2D eigenvalue weighted by molar-refractivity contribution is 7.89. The van der Waals surface area contributed by atoms with Crippen LogP contribution in [0.25, 0.3) is 11.4 Å². The van der Waals surface area contributed by atoms with Gasteiger partial charge in [0.1, 0.15) is 4.90 Å². The summed E-state index contributed by atoms with van der Waals surface area (Å²) in [4.78, 5) is 18.6. The zero-order valence-electron chi connectivity index (χ0n) is 16.9. The molecule has 0 spiro atoms. The van der Waals surface area contributed by atoms with Crippen molar-refractivity contribution in [2.45, 2.75) is 17.7 Å². The van der Waals surface area contributed by atoms with Crippen molar-refractivity contribution in [3.63, 3.8) is 0 Å². The molecule has 1 aromatic heterocycles. The Kier molecular flexibility index (Phi) is 6.80. The lowest BCUT2D eigenvalue weighted by atomic mass is 10.2. The third kappa shape index (κ3) is 4.96. The monoisotopic (exact) mass is 494 g/mol. The molecule has 0 N–H and O–H groups in total. The molecule has 32 heavy (non-hydrogen) atoms. The quantitative estimate of drug-likeness (QED) is 0.520. The Morgan fingerprint density at radius 1 is 1.00 bits per heavy atom. The van der Waals surface area contributed by atoms with Gasteiger partial charge in [0.05, 0.1) is 5.02 Å². The van der Waals surface area contributed by atoms with Crippen LogP contribution in [0.15, 0.2) is 57.9 Å². The second-order valence-electron chi connectivity index (χ2n) is 7.23. The molecule has 168 valence electrons. The molecule has 0 atom stereocenters. The van der Waals surface area contributed by atoms with Crippen LogP contribution in [-0.4, -0.2) is 59.8 Å². The average Bonchev–Trinajstić information content (AvgIpc) is 3.27. The number of amides is 1. The molecule has 1 saturated heterocycles. The first-order valence-corrected chi connectivity index (χ1v) is 12.1. The highest BCUT2D eigenvalue weighted by Gasteiger charge is 2.31. The largest absolute Gasteiger partial charge is 0.340 e. The maximum Gasteiger partial charge on any atom is 0.244 e. The zero-order valence-corrected chi connectivity index (χ0v) is 19.3. The maximum absolute atomic E-state index is 12.8. The van der Waals surface area contributed by atoms with Gasteiger partial charge in [-0.15, -0.1) is 0 Å². The molecule has 11 heteroatoms. The van der Waals surface area contributed by atoms with Gasteiger partial charge in [-0.3, -0.25) is 4.79 Å². The number of sulfonamides is 1. The van der Waals surface area contributed by atoms with Crippen LogP contribution < -0.4 is 0 Å². The van der Waals surface area contributed by atoms with Crippen molar-refractivity contribution in [3.8, 4) is 11.4 Å². The van der Waals surface area contributed by atoms with Crippen molar-refractivity contribution in [2.24, 2.45) is 0 Å². The number of hydrogen-bond donors (Lipinski definition) is 0. The Morgan fingerprint density at radius 3 is 2.38 bits per heavy atom. The van der Waals surface area contributed by atoms with Gasteiger partial charge in [0.2, 0.25) is 27.6 Å². The van der Waals surface area contributed by atoms with E-state index in [1.807, 2.05) is 0 Å². The summed E-state index contributed by atoms with van der Waals surface area (Å²) < 4.78 is 32.3. The number of rotatable bonds is 6. The first-order chi connectivity index (χ1) is 15.3. The third-order valence-electron chi connectivity index (χ3n) is 5.17. The summed E-state index contributed by atoms with van der Waals surface area (Å²) in [6, 6.07) is 13.4. The van der Waals surface area contributed by atoms with Crippen molar-refractivity contribution in [1.82, 2.24) is 19.3 Å². The Bertz CT molecular complexity index is 1210. The molecular weight excluding hydrogens is 475 g/mol. The molecule has 1 aliphatic heterocycles. The van der Waals surface area contributed by atoms with Gasteiger partial charge < -0.3 is 9.42 Å². The number of aromatic nitrogens is 2. The molecule has 1 aliphatic rings. The molecule has 0 bridgehead atoms. The summed E-state index contributed by atoms with van der Waals surface area (Å²) in [5, 5.41) is 4.74. The van der Waals surface area contributed by atoms with Gasteiger partial charge in [0.15, 0.2) is 0 Å². The van der Waals surface area contributed by atoms with Gasteiger partial charge >= 0.3 is 0 Å². The minimum atomic E-state index is -3.70. The summed E-state index contributed by atoms with van der Waals surface area (Å²) in [7, 11) is -3.70. The molecular formula is C21H20Cl2N4O4S. The minimum absolute atomic E-state index is 0.0781. The lowest BCUT2D eigenvalue weighted by Gasteiger charge is -2.34. The van der Waals surface area contributed by atoms with E-state index < -0.39 is 10.0 Å². The predicted molar refractivity (Wildman–Crippen MR) is 120 cm³/mol. The number of halogens is 2. The highest BCUT2D eigenvalue weighted by atomic mass is 35.5. The second-order valence-corrected chi connectivity index (χ2v) is 9.98. The van der Waals surface area contributed by atoms with E-state index in [2.05, 4.69) is 10.1 Å². The standard InChI is InChI=1S/C21H20Cl2N4O4S/c22-16-7-5-15(6-8-16)21-24-19(31-25-21)9-10-20(28)26-11-13-27(14-12-26)32(29,30)18-4-2-1-3-17(18)23/h1-8H,9-14H2. The Hall–Kier alpha value is -2.46. The fourth-order valence-corrected chi connectivity index (χ4v) is 5.46. The van der Waals surface area contributed by atoms with Gasteiger partial charge in [0, 0.05) is 49.6 Å². The normalized spacial score (nSPS) is 15.1. The lowest BCUT2D eigenvalue weighted by Crippen LogP contribution is -2.50. The number of aryl methyl sites for hydroxylation is 1. The molecule has 2 heterocycles. The summed E-state index contributed by atoms with van der Waals surface area (Å²) in [5.41, 5.74) is 0.770. The van der Waals surface area contributed by atoms with Crippen molar-refractivity contribution in [3.05, 3.63) is 64.5 Å². The molecule has 1 fully saturated rings. The lowest BCUT2D eigenvalue weighted by molar-refractivity contribution is -0.132. The molecule has 3 aromatic rings. The average molecular weight is 495 g/mol. The van der Waals surface area contributed by atoms with Gasteiger partial charge in [-0.1, -0.05) is 40.5 Å². The van der Waals surface area contributed by atoms with E-state index in [1.54, 1.807) is 47.4 Å². The molecule has 4 rings (SSSR count). The molecule has 0 aliphatic carbocycles. The van der Waals surface area contributed by atoms with Crippen molar-refractivity contribution in [2.75, 3.05) is 26.2 Å². The van der Waals surface area contributed by atoms with Crippen LogP contribution in [-0.2, 0) is 21.2 Å². The van der Waals surface area contributed by atoms with E-state index in [0.717, 1.165) is 5.56 Å². The predicted octanol–water partition coefficient (Wildman–Crippen LogP) is 3.51. The Balaban J connectivity index is 1.31. The number of benzene rings is 2. The molecule has 0 saturated carbocycles. The van der Waals surface area contributed by atoms with E-state index in [1.165, 1.54) is 10.4 Å². The zero-order chi connectivity index (χ0) is 22.7. The SMILES string of the molecule is O=C(CCc1nc(-c2ccc(Cl)cc2)no1)N1CCN(S(=O)(=O)c2ccccc2Cl)CC1. The van der Waals surface area contributed by atoms with Gasteiger partial charge in [-0.05, 0) is 36.4 Å². The summed E-state index contributed by atoms with van der Waals surface area (Å²) in [6.07, 6.45) is 0.497. The van der Waals surface area contributed by atoms with Crippen LogP contribution in [0.2, 0.25) is 10.0 Å². The summed E-state index contributed by atoms with van der Waals surface area (Å²) in [5.74, 6) is 0.705. The van der Waals surface area contributed by atoms with Crippen molar-refractivity contribution in [1.29, 1.82) is 0 Å². The van der Waals surface area contributed by atoms with Crippen molar-refractivity contribution >= 4 is 39.1 Å². The van der Waals surface area contributed by atoms with Gasteiger partial charge in [-0.25, -0.2) is 8.42 Å². The van der Waals surface area contributed by atoms with E-state index in [-0.39, 0.29) is 35.3 Å². The van der Waals surface area contributed by atoms with E-state index >= 15 is 0 Å². The summed E-state index contributed by atoms with van der Waals surface area (Å²) >= 11 is 11.9. The number of hydrogen-bond acceptors (Lipinski definition) is 6. The van der Waals surface area contributed by atoms with Crippen molar-refractivity contribution < 1.29 is 17.7 Å². The van der Waals surface area contributed by atoms with Crippen LogP contribution in [0.1, 0.15) is 12.3 Å². The van der Waals surface area contributed by atoms with Crippen LogP contribution >= 0.6 is 23.2 Å². The molecule has 1 amide bonds. The van der Waals surface area contributed by atoms with Crippen LogP contribution in [0, 0.1) is 0 Å². The van der Waals surface area contributed by atoms with E-state index in [0.29, 0.717) is 36.2 Å². The number of carbonyl (C=O) groups excluding carboxylic acids is 1. The van der Waals surface area contributed by atoms with Gasteiger partial charge in [0.25, 0.3) is 0 Å². The minimum Gasteiger partial charge on any atom is -0.340 e. The third-order valence-corrected chi connectivity index (χ3v) is 7.82. The Labute approximate surface area is 195 Å². The summed E-state index contributed by atoms with van der Waals surface area (Å²) in [6.45, 7) is 1.03. The first kappa shape index (κ1) is 22.7. The van der Waals surface area contributed by atoms with E-state index in [9.17, 15) is 13.2 Å². The number of piperazine rings is 1. The van der Waals surface area contributed by atoms with Crippen LogP contribution in [0.5, 0.6) is 0 Å². The fraction of sp³-hybridized carbons (Fsp3) is 0.286. The second kappa shape index (κ2) is 9.58. The van der Waals surface area contributed by atoms with Gasteiger partial charge in [-0.2, -0.15) is 9.29 Å². The molecule has 2 aromatic carbocycles. The number of carbonyl (C=O) groups is 1. The number of nitrogens with zero attached hydrogens (tertiary/aromatic N) is 4. The maximum atomic E-state index is 12.8. The molecule has 0 radical (unpaired) electrons. The van der Waals surface area contributed by atoms with Crippen LogP contribution in [0.3, 0.4) is 0 Å². The van der Waals surface area contributed by atoms with Crippen LogP contribution in [0.4, 0.5) is 0 Å². The molecule has 0 unspecified atom stereocenters. The smallest absolute Gasteiger partial charge is 0.244 e. The Morgan fingerprint density at radius 2 is 1.69 bits per heavy atom. The molecule has 8 nitrogen and oxygen atoms in total. The fourth-order valence-electron chi connectivity index (χ4n) is 3.42. The highest BCUT2D eigenvalue weighted by Crippen LogP contribution is 2.25. The topological polar surface area (TPSA) is 96.6 Å². The first-order valence-electron chi connectivity index (χ1n) is 9.95.